The van der Waals surface area contributed by atoms with Crippen LogP contribution in [-0.4, -0.2) is 37.1 Å². The maximum atomic E-state index is 11.7. The summed E-state index contributed by atoms with van der Waals surface area (Å²) in [7, 11) is 3.39. The first-order valence-corrected chi connectivity index (χ1v) is 6.65. The van der Waals surface area contributed by atoms with Crippen LogP contribution in [0.3, 0.4) is 0 Å². The number of rotatable bonds is 5. The van der Waals surface area contributed by atoms with Gasteiger partial charge in [0.05, 0.1) is 7.11 Å². The van der Waals surface area contributed by atoms with Gasteiger partial charge in [-0.2, -0.15) is 0 Å². The van der Waals surface area contributed by atoms with Crippen molar-refractivity contribution in [3.8, 4) is 0 Å². The molecule has 0 spiro atoms. The van der Waals surface area contributed by atoms with Crippen molar-refractivity contribution < 1.29 is 9.53 Å². The lowest BCUT2D eigenvalue weighted by molar-refractivity contribution is -0.152. The van der Waals surface area contributed by atoms with Crippen LogP contribution in [0.1, 0.15) is 30.5 Å². The third-order valence-electron chi connectivity index (χ3n) is 3.95. The van der Waals surface area contributed by atoms with E-state index in [0.717, 1.165) is 13.0 Å². The smallest absolute Gasteiger partial charge is 0.325 e. The number of likely N-dealkylation sites (N-methyl/N-ethyl adjacent to an activating group) is 1. The van der Waals surface area contributed by atoms with E-state index >= 15 is 0 Å². The van der Waals surface area contributed by atoms with E-state index in [1.165, 1.54) is 23.8 Å². The molecule has 0 radical (unpaired) electrons. The van der Waals surface area contributed by atoms with Crippen LogP contribution < -0.4 is 0 Å². The van der Waals surface area contributed by atoms with Crippen LogP contribution >= 0.6 is 0 Å². The summed E-state index contributed by atoms with van der Waals surface area (Å²) >= 11 is 0. The molecule has 0 bridgehead atoms. The maximum absolute atomic E-state index is 11.7. The third kappa shape index (κ3) is 3.80. The number of methoxy groups -OCH3 is 1. The molecule has 0 saturated heterocycles. The zero-order valence-electron chi connectivity index (χ0n) is 12.9. The number of nitrogens with zero attached hydrogens (tertiary/aromatic N) is 1. The van der Waals surface area contributed by atoms with Gasteiger partial charge in [-0.3, -0.25) is 9.69 Å². The van der Waals surface area contributed by atoms with Crippen LogP contribution in [0.4, 0.5) is 0 Å². The van der Waals surface area contributed by atoms with Crippen molar-refractivity contribution in [1.29, 1.82) is 0 Å². The molecule has 0 aliphatic rings. The molecule has 0 aliphatic heterocycles. The predicted octanol–water partition coefficient (Wildman–Crippen LogP) is 2.73. The SMILES string of the molecule is COC(=O)C(C)(C)N(C)CCc1ccc(C)c(C)c1. The number of carbonyl (C=O) groups excluding carboxylic acids is 1. The molecule has 0 saturated carbocycles. The van der Waals surface area contributed by atoms with Crippen molar-refractivity contribution in [1.82, 2.24) is 4.90 Å². The van der Waals surface area contributed by atoms with Crippen molar-refractivity contribution in [2.75, 3.05) is 20.7 Å². The number of esters is 1. The van der Waals surface area contributed by atoms with Crippen LogP contribution in [0, 0.1) is 13.8 Å². The molecule has 0 aromatic heterocycles. The van der Waals surface area contributed by atoms with E-state index < -0.39 is 5.54 Å². The van der Waals surface area contributed by atoms with Crippen LogP contribution in [0.2, 0.25) is 0 Å². The fraction of sp³-hybridized carbons (Fsp3) is 0.562. The lowest BCUT2D eigenvalue weighted by Gasteiger charge is -2.32. The minimum Gasteiger partial charge on any atom is -0.468 e. The van der Waals surface area contributed by atoms with Crippen molar-refractivity contribution in [2.45, 2.75) is 39.7 Å². The first-order chi connectivity index (χ1) is 8.78. The lowest BCUT2D eigenvalue weighted by atomic mass is 10.0. The molecule has 0 unspecified atom stereocenters. The molecule has 0 heterocycles. The number of ether oxygens (including phenoxy) is 1. The minimum atomic E-state index is -0.589. The Morgan fingerprint density at radius 3 is 2.42 bits per heavy atom. The molecular weight excluding hydrogens is 238 g/mol. The number of hydrogen-bond acceptors (Lipinski definition) is 3. The van der Waals surface area contributed by atoms with Crippen molar-refractivity contribution in [2.24, 2.45) is 0 Å². The summed E-state index contributed by atoms with van der Waals surface area (Å²) in [6.07, 6.45) is 0.929. The summed E-state index contributed by atoms with van der Waals surface area (Å²) in [6, 6.07) is 6.52. The van der Waals surface area contributed by atoms with Gasteiger partial charge in [-0.15, -0.1) is 0 Å². The molecule has 0 aliphatic carbocycles. The third-order valence-corrected chi connectivity index (χ3v) is 3.95. The van der Waals surface area contributed by atoms with Gasteiger partial charge < -0.3 is 4.74 Å². The average molecular weight is 263 g/mol. The quantitative estimate of drug-likeness (QED) is 0.765. The van der Waals surface area contributed by atoms with E-state index in [9.17, 15) is 4.79 Å². The number of carbonyl (C=O) groups is 1. The van der Waals surface area contributed by atoms with E-state index in [0.29, 0.717) is 0 Å². The Morgan fingerprint density at radius 1 is 1.26 bits per heavy atom. The zero-order chi connectivity index (χ0) is 14.6. The largest absolute Gasteiger partial charge is 0.468 e. The highest BCUT2D eigenvalue weighted by Crippen LogP contribution is 2.16. The second-order valence-corrected chi connectivity index (χ2v) is 5.64. The van der Waals surface area contributed by atoms with Crippen molar-refractivity contribution >= 4 is 5.97 Å². The number of benzene rings is 1. The number of aryl methyl sites for hydroxylation is 2. The normalized spacial score (nSPS) is 11.7. The van der Waals surface area contributed by atoms with Gasteiger partial charge in [0, 0.05) is 6.54 Å². The van der Waals surface area contributed by atoms with Gasteiger partial charge in [0.1, 0.15) is 5.54 Å². The van der Waals surface area contributed by atoms with Crippen LogP contribution in [0.25, 0.3) is 0 Å². The van der Waals surface area contributed by atoms with Gasteiger partial charge in [0.15, 0.2) is 0 Å². The molecule has 0 fully saturated rings. The van der Waals surface area contributed by atoms with Gasteiger partial charge in [0.25, 0.3) is 0 Å². The van der Waals surface area contributed by atoms with E-state index in [2.05, 4.69) is 32.0 Å². The second-order valence-electron chi connectivity index (χ2n) is 5.64. The van der Waals surface area contributed by atoms with Gasteiger partial charge >= 0.3 is 5.97 Å². The van der Waals surface area contributed by atoms with Crippen molar-refractivity contribution in [3.05, 3.63) is 34.9 Å². The minimum absolute atomic E-state index is 0.199. The highest BCUT2D eigenvalue weighted by Gasteiger charge is 2.32. The predicted molar refractivity (Wildman–Crippen MR) is 78.3 cm³/mol. The van der Waals surface area contributed by atoms with Crippen LogP contribution in [0.5, 0.6) is 0 Å². The fourth-order valence-corrected chi connectivity index (χ4v) is 1.94. The van der Waals surface area contributed by atoms with Gasteiger partial charge in [-0.25, -0.2) is 0 Å². The Morgan fingerprint density at radius 2 is 1.89 bits per heavy atom. The first kappa shape index (κ1) is 15.7. The van der Waals surface area contributed by atoms with Crippen molar-refractivity contribution in [3.63, 3.8) is 0 Å². The van der Waals surface area contributed by atoms with E-state index in [1.807, 2.05) is 25.8 Å². The molecule has 3 nitrogen and oxygen atoms in total. The Bertz CT molecular complexity index is 452. The van der Waals surface area contributed by atoms with Crippen LogP contribution in [0.15, 0.2) is 18.2 Å². The molecule has 3 heteroatoms. The van der Waals surface area contributed by atoms with Gasteiger partial charge in [-0.05, 0) is 57.9 Å². The van der Waals surface area contributed by atoms with Gasteiger partial charge in [-0.1, -0.05) is 18.2 Å². The lowest BCUT2D eigenvalue weighted by Crippen LogP contribution is -2.49. The maximum Gasteiger partial charge on any atom is 0.325 e. The molecule has 1 aromatic rings. The Kier molecular flexibility index (Phi) is 5.12. The summed E-state index contributed by atoms with van der Waals surface area (Å²) in [4.78, 5) is 13.8. The molecule has 1 rings (SSSR count). The molecule has 1 aromatic carbocycles. The van der Waals surface area contributed by atoms with E-state index in [-0.39, 0.29) is 5.97 Å². The molecule has 0 N–H and O–H groups in total. The average Bonchev–Trinajstić information content (AvgIpc) is 2.38. The molecule has 0 amide bonds. The Labute approximate surface area is 116 Å². The second kappa shape index (κ2) is 6.20. The highest BCUT2D eigenvalue weighted by molar-refractivity contribution is 5.79. The summed E-state index contributed by atoms with van der Waals surface area (Å²) in [5.41, 5.74) is 3.34. The molecule has 0 atom stereocenters. The van der Waals surface area contributed by atoms with Crippen LogP contribution in [-0.2, 0) is 16.0 Å². The number of hydrogen-bond donors (Lipinski definition) is 0. The molecule has 106 valence electrons. The summed E-state index contributed by atoms with van der Waals surface area (Å²) in [6.45, 7) is 8.84. The molecule has 19 heavy (non-hydrogen) atoms. The highest BCUT2D eigenvalue weighted by atomic mass is 16.5. The zero-order valence-corrected chi connectivity index (χ0v) is 12.9. The summed E-state index contributed by atoms with van der Waals surface area (Å²) in [5.74, 6) is -0.199. The molecular formula is C16H25NO2. The van der Waals surface area contributed by atoms with E-state index in [1.54, 1.807) is 0 Å². The monoisotopic (exact) mass is 263 g/mol. The standard InChI is InChI=1S/C16H25NO2/c1-12-7-8-14(11-13(12)2)9-10-17(5)16(3,4)15(18)19-6/h7-8,11H,9-10H2,1-6H3. The van der Waals surface area contributed by atoms with E-state index in [4.69, 9.17) is 4.74 Å². The fourth-order valence-electron chi connectivity index (χ4n) is 1.94. The first-order valence-electron chi connectivity index (χ1n) is 6.65. The van der Waals surface area contributed by atoms with Gasteiger partial charge in [0.2, 0.25) is 0 Å². The Hall–Kier alpha value is -1.35. The topological polar surface area (TPSA) is 29.5 Å². The summed E-state index contributed by atoms with van der Waals surface area (Å²) < 4.78 is 4.84. The summed E-state index contributed by atoms with van der Waals surface area (Å²) in [5, 5.41) is 0. The Balaban J connectivity index is 2.65.